The summed E-state index contributed by atoms with van der Waals surface area (Å²) >= 11 is 1.83. The molecular weight excluding hydrogens is 390 g/mol. The molecule has 0 bridgehead atoms. The summed E-state index contributed by atoms with van der Waals surface area (Å²) in [7, 11) is 0. The Morgan fingerprint density at radius 3 is 2.55 bits per heavy atom. The van der Waals surface area contributed by atoms with Crippen LogP contribution in [0.15, 0.2) is 40.3 Å². The van der Waals surface area contributed by atoms with Crippen LogP contribution in [0.5, 0.6) is 0 Å². The van der Waals surface area contributed by atoms with Crippen LogP contribution in [-0.4, -0.2) is 41.4 Å². The highest BCUT2D eigenvalue weighted by atomic mass is 32.1. The molecule has 2 heterocycles. The summed E-state index contributed by atoms with van der Waals surface area (Å²) in [5, 5.41) is 20.8. The van der Waals surface area contributed by atoms with Gasteiger partial charge in [0.2, 0.25) is 0 Å². The number of rotatable bonds is 6. The van der Waals surface area contributed by atoms with Gasteiger partial charge in [0.1, 0.15) is 0 Å². The molecule has 6 nitrogen and oxygen atoms in total. The standard InChI is InChI=1S/C13H19NO4.C9H12OS/c1-7(2)13(12(17)18)4-8(3)10(6-14)9(5-13)11(15)16;1-3-8(10-5-1)7-9-4-2-6-11-9/h4,7H,5-6,14H2,1-3H3,(H,15,16)(H,17,18);2,4,6,8H,1,3,5,7H2. The van der Waals surface area contributed by atoms with E-state index >= 15 is 0 Å². The van der Waals surface area contributed by atoms with Gasteiger partial charge in [-0.05, 0) is 54.7 Å². The number of aliphatic carboxylic acids is 2. The molecule has 4 N–H and O–H groups in total. The summed E-state index contributed by atoms with van der Waals surface area (Å²) in [5.74, 6) is -2.28. The SMILES string of the molecule is CC1=CC(C(=O)O)(C(C)C)CC(C(=O)O)=C1CN.c1csc(CC2CCCO2)c1. The zero-order chi connectivity index (χ0) is 21.6. The second kappa shape index (κ2) is 10.2. The molecule has 2 atom stereocenters. The minimum absolute atomic E-state index is 0.0147. The molecule has 0 spiro atoms. The fourth-order valence-corrected chi connectivity index (χ4v) is 4.64. The number of hydrogen-bond donors (Lipinski definition) is 3. The van der Waals surface area contributed by atoms with Gasteiger partial charge in [-0.1, -0.05) is 26.0 Å². The van der Waals surface area contributed by atoms with Gasteiger partial charge in [0.15, 0.2) is 0 Å². The van der Waals surface area contributed by atoms with E-state index < -0.39 is 17.4 Å². The van der Waals surface area contributed by atoms with Gasteiger partial charge in [-0.3, -0.25) is 4.79 Å². The number of thiophene rings is 1. The predicted molar refractivity (Wildman–Crippen MR) is 114 cm³/mol. The molecule has 29 heavy (non-hydrogen) atoms. The van der Waals surface area contributed by atoms with Crippen molar-refractivity contribution in [3.63, 3.8) is 0 Å². The van der Waals surface area contributed by atoms with E-state index in [1.807, 2.05) is 11.3 Å². The minimum atomic E-state index is -1.16. The number of carboxylic acid groups (broad SMARTS) is 2. The summed E-state index contributed by atoms with van der Waals surface area (Å²) in [6, 6.07) is 4.29. The molecule has 2 unspecified atom stereocenters. The first-order valence-corrected chi connectivity index (χ1v) is 10.8. The normalized spacial score (nSPS) is 24.2. The molecule has 160 valence electrons. The third-order valence-corrected chi connectivity index (χ3v) is 6.61. The predicted octanol–water partition coefficient (Wildman–Crippen LogP) is 3.87. The molecule has 1 saturated heterocycles. The zero-order valence-corrected chi connectivity index (χ0v) is 18.1. The summed E-state index contributed by atoms with van der Waals surface area (Å²) < 4.78 is 5.53. The van der Waals surface area contributed by atoms with Gasteiger partial charge in [0.05, 0.1) is 11.5 Å². The van der Waals surface area contributed by atoms with Crippen molar-refractivity contribution in [1.82, 2.24) is 0 Å². The molecule has 1 aliphatic heterocycles. The first-order chi connectivity index (χ1) is 13.7. The average molecular weight is 422 g/mol. The Kier molecular flexibility index (Phi) is 8.19. The van der Waals surface area contributed by atoms with Crippen molar-refractivity contribution in [3.8, 4) is 0 Å². The Balaban J connectivity index is 0.000000230. The Morgan fingerprint density at radius 2 is 2.10 bits per heavy atom. The van der Waals surface area contributed by atoms with Crippen LogP contribution in [0.1, 0.15) is 44.9 Å². The molecule has 3 rings (SSSR count). The van der Waals surface area contributed by atoms with Crippen molar-refractivity contribution in [2.75, 3.05) is 13.2 Å². The van der Waals surface area contributed by atoms with Gasteiger partial charge >= 0.3 is 11.9 Å². The highest BCUT2D eigenvalue weighted by molar-refractivity contribution is 7.09. The third kappa shape index (κ3) is 5.56. The monoisotopic (exact) mass is 421 g/mol. The van der Waals surface area contributed by atoms with E-state index in [4.69, 9.17) is 10.5 Å². The van der Waals surface area contributed by atoms with Crippen molar-refractivity contribution >= 4 is 23.3 Å². The maximum Gasteiger partial charge on any atom is 0.331 e. The Labute approximate surface area is 176 Å². The van der Waals surface area contributed by atoms with Crippen LogP contribution in [-0.2, 0) is 20.7 Å². The molecule has 7 heteroatoms. The highest BCUT2D eigenvalue weighted by Crippen LogP contribution is 2.43. The Morgan fingerprint density at radius 1 is 1.38 bits per heavy atom. The maximum atomic E-state index is 11.5. The lowest BCUT2D eigenvalue weighted by Gasteiger charge is -2.35. The quantitative estimate of drug-likeness (QED) is 0.643. The molecule has 1 aliphatic carbocycles. The van der Waals surface area contributed by atoms with Crippen molar-refractivity contribution in [2.45, 2.75) is 52.6 Å². The molecular formula is C22H31NO5S. The largest absolute Gasteiger partial charge is 0.481 e. The van der Waals surface area contributed by atoms with Gasteiger partial charge < -0.3 is 20.7 Å². The van der Waals surface area contributed by atoms with Crippen molar-refractivity contribution in [3.05, 3.63) is 45.2 Å². The Bertz CT molecular complexity index is 775. The smallest absolute Gasteiger partial charge is 0.331 e. The summed E-state index contributed by atoms with van der Waals surface area (Å²) in [6.45, 7) is 6.35. The average Bonchev–Trinajstić information content (AvgIpc) is 3.35. The van der Waals surface area contributed by atoms with Gasteiger partial charge in [-0.25, -0.2) is 4.79 Å². The fraction of sp³-hybridized carbons (Fsp3) is 0.545. The molecule has 0 amide bonds. The topological polar surface area (TPSA) is 110 Å². The minimum Gasteiger partial charge on any atom is -0.481 e. The lowest BCUT2D eigenvalue weighted by Crippen LogP contribution is -2.39. The first-order valence-electron chi connectivity index (χ1n) is 9.93. The number of ether oxygens (including phenoxy) is 1. The van der Waals surface area contributed by atoms with E-state index in [0.29, 0.717) is 17.3 Å². The lowest BCUT2D eigenvalue weighted by atomic mass is 9.67. The molecule has 0 radical (unpaired) electrons. The maximum absolute atomic E-state index is 11.5. The van der Waals surface area contributed by atoms with E-state index in [0.717, 1.165) is 13.0 Å². The van der Waals surface area contributed by atoms with E-state index in [-0.39, 0.29) is 24.5 Å². The number of carboxylic acids is 2. The van der Waals surface area contributed by atoms with Crippen LogP contribution in [0.2, 0.25) is 0 Å². The zero-order valence-electron chi connectivity index (χ0n) is 17.3. The Hall–Kier alpha value is -1.96. The van der Waals surface area contributed by atoms with Crippen LogP contribution in [0.3, 0.4) is 0 Å². The van der Waals surface area contributed by atoms with Gasteiger partial charge in [-0.15, -0.1) is 11.3 Å². The van der Waals surface area contributed by atoms with Crippen molar-refractivity contribution < 1.29 is 24.5 Å². The summed E-state index contributed by atoms with van der Waals surface area (Å²) in [4.78, 5) is 24.3. The van der Waals surface area contributed by atoms with Crippen LogP contribution in [0.25, 0.3) is 0 Å². The fourth-order valence-electron chi connectivity index (χ4n) is 3.86. The number of hydrogen-bond acceptors (Lipinski definition) is 5. The lowest BCUT2D eigenvalue weighted by molar-refractivity contribution is -0.148. The van der Waals surface area contributed by atoms with Crippen molar-refractivity contribution in [1.29, 1.82) is 0 Å². The van der Waals surface area contributed by atoms with Crippen molar-refractivity contribution in [2.24, 2.45) is 17.1 Å². The van der Waals surface area contributed by atoms with Crippen LogP contribution < -0.4 is 5.73 Å². The van der Waals surface area contributed by atoms with E-state index in [2.05, 4.69) is 17.5 Å². The molecule has 1 aromatic heterocycles. The van der Waals surface area contributed by atoms with E-state index in [9.17, 15) is 19.8 Å². The van der Waals surface area contributed by atoms with Crippen LogP contribution in [0, 0.1) is 11.3 Å². The number of nitrogens with two attached hydrogens (primary N) is 1. The molecule has 2 aliphatic rings. The molecule has 0 saturated carbocycles. The molecule has 0 aromatic carbocycles. The van der Waals surface area contributed by atoms with Gasteiger partial charge in [0, 0.05) is 30.0 Å². The third-order valence-electron chi connectivity index (χ3n) is 5.71. The van der Waals surface area contributed by atoms with Gasteiger partial charge in [0.25, 0.3) is 0 Å². The van der Waals surface area contributed by atoms with E-state index in [1.54, 1.807) is 26.8 Å². The number of carbonyl (C=O) groups is 2. The van der Waals surface area contributed by atoms with E-state index in [1.165, 1.54) is 17.7 Å². The van der Waals surface area contributed by atoms with Gasteiger partial charge in [-0.2, -0.15) is 0 Å². The first kappa shape index (κ1) is 23.3. The second-order valence-electron chi connectivity index (χ2n) is 7.89. The second-order valence-corrected chi connectivity index (χ2v) is 8.92. The summed E-state index contributed by atoms with van der Waals surface area (Å²) in [5.41, 5.74) is 5.71. The molecule has 1 aromatic rings. The molecule has 1 fully saturated rings. The highest BCUT2D eigenvalue weighted by Gasteiger charge is 2.44. The van der Waals surface area contributed by atoms with Crippen LogP contribution in [0.4, 0.5) is 0 Å². The van der Waals surface area contributed by atoms with Crippen LogP contribution >= 0.6 is 11.3 Å². The summed E-state index contributed by atoms with van der Waals surface area (Å²) in [6.07, 6.45) is 5.76.